The van der Waals surface area contributed by atoms with Crippen LogP contribution in [0.2, 0.25) is 4.34 Å². The molecule has 2 aromatic rings. The lowest BCUT2D eigenvalue weighted by Crippen LogP contribution is -2.02. The maximum atomic E-state index is 10.4. The lowest BCUT2D eigenvalue weighted by Gasteiger charge is -2.16. The van der Waals surface area contributed by atoms with E-state index < -0.39 is 6.10 Å². The minimum Gasteiger partial charge on any atom is -0.493 e. The van der Waals surface area contributed by atoms with Gasteiger partial charge in [0.15, 0.2) is 11.5 Å². The van der Waals surface area contributed by atoms with Crippen molar-refractivity contribution in [2.45, 2.75) is 13.0 Å². The van der Waals surface area contributed by atoms with Gasteiger partial charge in [-0.25, -0.2) is 0 Å². The van der Waals surface area contributed by atoms with E-state index in [1.165, 1.54) is 11.3 Å². The van der Waals surface area contributed by atoms with Gasteiger partial charge in [-0.1, -0.05) is 11.6 Å². The second-order valence-corrected chi connectivity index (χ2v) is 5.85. The van der Waals surface area contributed by atoms with Crippen LogP contribution in [0.4, 0.5) is 0 Å². The molecule has 0 saturated heterocycles. The number of ether oxygens (including phenoxy) is 2. The average Bonchev–Trinajstić information content (AvgIpc) is 2.84. The summed E-state index contributed by atoms with van der Waals surface area (Å²) in [5.74, 6) is 1.25. The van der Waals surface area contributed by atoms with Crippen molar-refractivity contribution in [2.75, 3.05) is 14.2 Å². The molecule has 5 heteroatoms. The summed E-state index contributed by atoms with van der Waals surface area (Å²) in [7, 11) is 3.16. The van der Waals surface area contributed by atoms with Gasteiger partial charge in [-0.3, -0.25) is 0 Å². The third kappa shape index (κ3) is 2.86. The Morgan fingerprint density at radius 3 is 2.32 bits per heavy atom. The molecule has 1 aromatic carbocycles. The van der Waals surface area contributed by atoms with Gasteiger partial charge >= 0.3 is 0 Å². The summed E-state index contributed by atoms with van der Waals surface area (Å²) in [5.41, 5.74) is 1.73. The van der Waals surface area contributed by atoms with Gasteiger partial charge in [-0.05, 0) is 42.3 Å². The zero-order valence-corrected chi connectivity index (χ0v) is 12.5. The topological polar surface area (TPSA) is 38.7 Å². The van der Waals surface area contributed by atoms with Crippen LogP contribution in [-0.2, 0) is 0 Å². The summed E-state index contributed by atoms with van der Waals surface area (Å²) in [6.45, 7) is 1.93. The van der Waals surface area contributed by atoms with Crippen LogP contribution in [0.25, 0.3) is 0 Å². The second kappa shape index (κ2) is 5.82. The maximum Gasteiger partial charge on any atom is 0.161 e. The Morgan fingerprint density at radius 1 is 1.16 bits per heavy atom. The minimum absolute atomic E-state index is 0.602. The summed E-state index contributed by atoms with van der Waals surface area (Å²) in [4.78, 5) is 0.806. The third-order valence-electron chi connectivity index (χ3n) is 2.93. The molecule has 0 saturated carbocycles. The SMILES string of the molecule is COc1cc(C)c(C(O)c2ccc(Cl)s2)cc1OC. The molecule has 1 heterocycles. The molecule has 2 rings (SSSR count). The number of rotatable bonds is 4. The Kier molecular flexibility index (Phi) is 4.34. The van der Waals surface area contributed by atoms with E-state index in [4.69, 9.17) is 21.1 Å². The summed E-state index contributed by atoms with van der Waals surface area (Å²) in [6.07, 6.45) is -0.711. The van der Waals surface area contributed by atoms with E-state index in [1.54, 1.807) is 26.4 Å². The zero-order chi connectivity index (χ0) is 14.0. The van der Waals surface area contributed by atoms with Gasteiger partial charge in [0.1, 0.15) is 6.10 Å². The molecular formula is C14H15ClO3S. The standard InChI is InChI=1S/C14H15ClO3S/c1-8-6-10(17-2)11(18-3)7-9(8)14(16)12-4-5-13(15)19-12/h4-7,14,16H,1-3H3. The van der Waals surface area contributed by atoms with E-state index in [2.05, 4.69) is 0 Å². The van der Waals surface area contributed by atoms with Crippen LogP contribution in [0.5, 0.6) is 11.5 Å². The van der Waals surface area contributed by atoms with E-state index in [-0.39, 0.29) is 0 Å². The number of methoxy groups -OCH3 is 2. The fraction of sp³-hybridized carbons (Fsp3) is 0.286. The van der Waals surface area contributed by atoms with Crippen LogP contribution >= 0.6 is 22.9 Å². The van der Waals surface area contributed by atoms with E-state index >= 15 is 0 Å². The number of hydrogen-bond acceptors (Lipinski definition) is 4. The summed E-state index contributed by atoms with van der Waals surface area (Å²) < 4.78 is 11.2. The second-order valence-electron chi connectivity index (χ2n) is 4.11. The number of halogens is 1. The van der Waals surface area contributed by atoms with E-state index in [1.807, 2.05) is 19.1 Å². The molecule has 0 aliphatic carbocycles. The van der Waals surface area contributed by atoms with Crippen LogP contribution in [0.1, 0.15) is 22.1 Å². The number of thiophene rings is 1. The molecule has 0 amide bonds. The molecule has 1 aromatic heterocycles. The minimum atomic E-state index is -0.711. The Hall–Kier alpha value is -1.23. The highest BCUT2D eigenvalue weighted by atomic mass is 35.5. The smallest absolute Gasteiger partial charge is 0.161 e. The van der Waals surface area contributed by atoms with Crippen LogP contribution < -0.4 is 9.47 Å². The Balaban J connectivity index is 2.44. The Bertz CT molecular complexity index is 580. The van der Waals surface area contributed by atoms with E-state index in [0.717, 1.165) is 16.0 Å². The zero-order valence-electron chi connectivity index (χ0n) is 10.9. The first kappa shape index (κ1) is 14.2. The fourth-order valence-corrected chi connectivity index (χ4v) is 2.99. The van der Waals surface area contributed by atoms with Gasteiger partial charge in [0.05, 0.1) is 18.6 Å². The molecule has 0 aliphatic rings. The van der Waals surface area contributed by atoms with Crippen molar-refractivity contribution in [2.24, 2.45) is 0 Å². The molecule has 1 N–H and O–H groups in total. The van der Waals surface area contributed by atoms with Crippen molar-refractivity contribution in [3.63, 3.8) is 0 Å². The van der Waals surface area contributed by atoms with Gasteiger partial charge < -0.3 is 14.6 Å². The van der Waals surface area contributed by atoms with E-state index in [0.29, 0.717) is 15.8 Å². The predicted molar refractivity (Wildman–Crippen MR) is 77.7 cm³/mol. The molecule has 19 heavy (non-hydrogen) atoms. The monoisotopic (exact) mass is 298 g/mol. The van der Waals surface area contributed by atoms with Gasteiger partial charge in [-0.2, -0.15) is 0 Å². The van der Waals surface area contributed by atoms with Crippen molar-refractivity contribution in [1.29, 1.82) is 0 Å². The Labute approximate surface area is 121 Å². The molecule has 0 radical (unpaired) electrons. The number of hydrogen-bond donors (Lipinski definition) is 1. The van der Waals surface area contributed by atoms with Crippen LogP contribution in [0.15, 0.2) is 24.3 Å². The number of aliphatic hydroxyl groups is 1. The third-order valence-corrected chi connectivity index (χ3v) is 4.21. The van der Waals surface area contributed by atoms with Gasteiger partial charge in [-0.15, -0.1) is 11.3 Å². The normalized spacial score (nSPS) is 12.3. The van der Waals surface area contributed by atoms with E-state index in [9.17, 15) is 5.11 Å². The molecular weight excluding hydrogens is 284 g/mol. The van der Waals surface area contributed by atoms with Crippen molar-refractivity contribution in [3.05, 3.63) is 44.6 Å². The van der Waals surface area contributed by atoms with Gasteiger partial charge in [0, 0.05) is 4.88 Å². The van der Waals surface area contributed by atoms with Crippen LogP contribution in [0, 0.1) is 6.92 Å². The lowest BCUT2D eigenvalue weighted by atomic mass is 10.0. The highest BCUT2D eigenvalue weighted by Gasteiger charge is 2.18. The average molecular weight is 299 g/mol. The summed E-state index contributed by atoms with van der Waals surface area (Å²) >= 11 is 7.27. The van der Waals surface area contributed by atoms with Crippen molar-refractivity contribution >= 4 is 22.9 Å². The highest BCUT2D eigenvalue weighted by molar-refractivity contribution is 7.16. The Morgan fingerprint density at radius 2 is 1.79 bits per heavy atom. The predicted octanol–water partition coefficient (Wildman–Crippen LogP) is 3.81. The van der Waals surface area contributed by atoms with Crippen LogP contribution in [0.3, 0.4) is 0 Å². The molecule has 1 atom stereocenters. The molecule has 0 bridgehead atoms. The van der Waals surface area contributed by atoms with Gasteiger partial charge in [0.2, 0.25) is 0 Å². The molecule has 0 fully saturated rings. The first-order chi connectivity index (χ1) is 9.06. The largest absolute Gasteiger partial charge is 0.493 e. The van der Waals surface area contributed by atoms with Crippen molar-refractivity contribution in [1.82, 2.24) is 0 Å². The number of aliphatic hydroxyl groups excluding tert-OH is 1. The number of benzene rings is 1. The highest BCUT2D eigenvalue weighted by Crippen LogP contribution is 2.37. The fourth-order valence-electron chi connectivity index (χ4n) is 1.92. The quantitative estimate of drug-likeness (QED) is 0.933. The van der Waals surface area contributed by atoms with Crippen LogP contribution in [-0.4, -0.2) is 19.3 Å². The number of aryl methyl sites for hydroxylation is 1. The molecule has 0 aliphatic heterocycles. The maximum absolute atomic E-state index is 10.4. The van der Waals surface area contributed by atoms with Gasteiger partial charge in [0.25, 0.3) is 0 Å². The molecule has 3 nitrogen and oxygen atoms in total. The van der Waals surface area contributed by atoms with Crippen molar-refractivity contribution < 1.29 is 14.6 Å². The molecule has 1 unspecified atom stereocenters. The summed E-state index contributed by atoms with van der Waals surface area (Å²) in [6, 6.07) is 7.26. The molecule has 102 valence electrons. The first-order valence-corrected chi connectivity index (χ1v) is 6.92. The summed E-state index contributed by atoms with van der Waals surface area (Å²) in [5, 5.41) is 10.4. The first-order valence-electron chi connectivity index (χ1n) is 5.72. The lowest BCUT2D eigenvalue weighted by molar-refractivity contribution is 0.222. The molecule has 0 spiro atoms. The van der Waals surface area contributed by atoms with Crippen molar-refractivity contribution in [3.8, 4) is 11.5 Å².